The minimum Gasteiger partial charge on any atom is -0.342 e. The lowest BCUT2D eigenvalue weighted by atomic mass is 10.1. The second-order valence-corrected chi connectivity index (χ2v) is 5.38. The molecule has 0 saturated carbocycles. The molecule has 4 heteroatoms. The van der Waals surface area contributed by atoms with Crippen molar-refractivity contribution in [1.82, 2.24) is 9.88 Å². The van der Waals surface area contributed by atoms with Crippen LogP contribution in [0.3, 0.4) is 0 Å². The van der Waals surface area contributed by atoms with E-state index < -0.39 is 0 Å². The van der Waals surface area contributed by atoms with Crippen LogP contribution in [0.4, 0.5) is 0 Å². The molecule has 3 rings (SSSR count). The van der Waals surface area contributed by atoms with Crippen molar-refractivity contribution in [2.75, 3.05) is 19.6 Å². The average molecular weight is 269 g/mol. The number of pyridine rings is 1. The summed E-state index contributed by atoms with van der Waals surface area (Å²) in [5.41, 5.74) is 7.91. The SMILES string of the molecule is NCC1CC(=O)N(CCc2ccnc3ccccc23)C1. The summed E-state index contributed by atoms with van der Waals surface area (Å²) in [5.74, 6) is 0.565. The molecule has 0 radical (unpaired) electrons. The Morgan fingerprint density at radius 3 is 2.95 bits per heavy atom. The van der Waals surface area contributed by atoms with Crippen LogP contribution in [0.5, 0.6) is 0 Å². The monoisotopic (exact) mass is 269 g/mol. The highest BCUT2D eigenvalue weighted by atomic mass is 16.2. The van der Waals surface area contributed by atoms with Gasteiger partial charge in [0.2, 0.25) is 5.91 Å². The first kappa shape index (κ1) is 13.1. The van der Waals surface area contributed by atoms with E-state index in [0.29, 0.717) is 18.9 Å². The first-order valence-corrected chi connectivity index (χ1v) is 7.08. The second kappa shape index (κ2) is 5.59. The van der Waals surface area contributed by atoms with Gasteiger partial charge in [0.1, 0.15) is 0 Å². The molecule has 1 amide bonds. The molecule has 2 heterocycles. The molecule has 1 unspecified atom stereocenters. The highest BCUT2D eigenvalue weighted by Gasteiger charge is 2.27. The number of amides is 1. The van der Waals surface area contributed by atoms with Crippen LogP contribution >= 0.6 is 0 Å². The molecule has 1 aromatic heterocycles. The predicted octanol–water partition coefficient (Wildman–Crippen LogP) is 1.58. The van der Waals surface area contributed by atoms with Crippen LogP contribution in [0, 0.1) is 5.92 Å². The van der Waals surface area contributed by atoms with Gasteiger partial charge >= 0.3 is 0 Å². The molecule has 1 aliphatic rings. The van der Waals surface area contributed by atoms with E-state index in [1.807, 2.05) is 35.4 Å². The number of benzene rings is 1. The maximum Gasteiger partial charge on any atom is 0.222 e. The molecule has 20 heavy (non-hydrogen) atoms. The zero-order valence-electron chi connectivity index (χ0n) is 11.5. The fourth-order valence-electron chi connectivity index (χ4n) is 2.86. The van der Waals surface area contributed by atoms with Gasteiger partial charge in [-0.2, -0.15) is 0 Å². The summed E-state index contributed by atoms with van der Waals surface area (Å²) in [4.78, 5) is 18.2. The van der Waals surface area contributed by atoms with Crippen molar-refractivity contribution in [1.29, 1.82) is 0 Å². The van der Waals surface area contributed by atoms with E-state index in [-0.39, 0.29) is 5.91 Å². The van der Waals surface area contributed by atoms with Crippen LogP contribution in [0.15, 0.2) is 36.5 Å². The normalized spacial score (nSPS) is 18.9. The van der Waals surface area contributed by atoms with Gasteiger partial charge < -0.3 is 10.6 Å². The largest absolute Gasteiger partial charge is 0.342 e. The van der Waals surface area contributed by atoms with Gasteiger partial charge in [-0.1, -0.05) is 18.2 Å². The summed E-state index contributed by atoms with van der Waals surface area (Å²) < 4.78 is 0. The number of carbonyl (C=O) groups excluding carboxylic acids is 1. The summed E-state index contributed by atoms with van der Waals surface area (Å²) in [6.45, 7) is 2.17. The van der Waals surface area contributed by atoms with Gasteiger partial charge in [0.25, 0.3) is 0 Å². The Hall–Kier alpha value is -1.94. The lowest BCUT2D eigenvalue weighted by Crippen LogP contribution is -2.28. The van der Waals surface area contributed by atoms with Gasteiger partial charge in [0, 0.05) is 31.1 Å². The second-order valence-electron chi connectivity index (χ2n) is 5.38. The molecule has 2 N–H and O–H groups in total. The minimum atomic E-state index is 0.235. The number of aromatic nitrogens is 1. The van der Waals surface area contributed by atoms with Gasteiger partial charge in [-0.3, -0.25) is 9.78 Å². The molecule has 104 valence electrons. The number of fused-ring (bicyclic) bond motifs is 1. The number of hydrogen-bond acceptors (Lipinski definition) is 3. The van der Waals surface area contributed by atoms with E-state index in [9.17, 15) is 4.79 Å². The molecule has 1 aromatic carbocycles. The lowest BCUT2D eigenvalue weighted by molar-refractivity contribution is -0.127. The fourth-order valence-corrected chi connectivity index (χ4v) is 2.86. The van der Waals surface area contributed by atoms with Crippen LogP contribution in [0.2, 0.25) is 0 Å². The molecule has 1 fully saturated rings. The Balaban J connectivity index is 1.73. The number of carbonyl (C=O) groups is 1. The Bertz CT molecular complexity index is 621. The first-order valence-electron chi connectivity index (χ1n) is 7.08. The van der Waals surface area contributed by atoms with Crippen molar-refractivity contribution in [2.24, 2.45) is 11.7 Å². The van der Waals surface area contributed by atoms with E-state index >= 15 is 0 Å². The third-order valence-electron chi connectivity index (χ3n) is 4.02. The zero-order chi connectivity index (χ0) is 13.9. The molecule has 0 bridgehead atoms. The fraction of sp³-hybridized carbons (Fsp3) is 0.375. The number of rotatable bonds is 4. The van der Waals surface area contributed by atoms with Gasteiger partial charge in [-0.05, 0) is 36.6 Å². The van der Waals surface area contributed by atoms with Gasteiger partial charge in [0.15, 0.2) is 0 Å². The minimum absolute atomic E-state index is 0.235. The number of likely N-dealkylation sites (tertiary alicyclic amines) is 1. The molecule has 2 aromatic rings. The van der Waals surface area contributed by atoms with E-state index in [0.717, 1.165) is 25.0 Å². The standard InChI is InChI=1S/C16H19N3O/c17-10-12-9-16(20)19(11-12)8-6-13-5-7-18-15-4-2-1-3-14(13)15/h1-5,7,12H,6,8-11,17H2. The number of nitrogens with two attached hydrogens (primary N) is 1. The van der Waals surface area contributed by atoms with Crippen LogP contribution in [0.1, 0.15) is 12.0 Å². The van der Waals surface area contributed by atoms with Crippen molar-refractivity contribution in [3.05, 3.63) is 42.1 Å². The van der Waals surface area contributed by atoms with Crippen molar-refractivity contribution >= 4 is 16.8 Å². The highest BCUT2D eigenvalue weighted by Crippen LogP contribution is 2.20. The smallest absolute Gasteiger partial charge is 0.222 e. The third-order valence-corrected chi connectivity index (χ3v) is 4.02. The van der Waals surface area contributed by atoms with E-state index in [1.165, 1.54) is 10.9 Å². The maximum absolute atomic E-state index is 11.9. The zero-order valence-corrected chi connectivity index (χ0v) is 11.5. The van der Waals surface area contributed by atoms with Gasteiger partial charge in [0.05, 0.1) is 5.52 Å². The van der Waals surface area contributed by atoms with Crippen LogP contribution in [-0.4, -0.2) is 35.4 Å². The molecular formula is C16H19N3O. The van der Waals surface area contributed by atoms with Gasteiger partial charge in [-0.25, -0.2) is 0 Å². The molecule has 0 spiro atoms. The Morgan fingerprint density at radius 1 is 1.30 bits per heavy atom. The summed E-state index contributed by atoms with van der Waals surface area (Å²) in [6, 6.07) is 10.2. The molecule has 4 nitrogen and oxygen atoms in total. The van der Waals surface area contributed by atoms with Gasteiger partial charge in [-0.15, -0.1) is 0 Å². The summed E-state index contributed by atoms with van der Waals surface area (Å²) in [6.07, 6.45) is 3.31. The van der Waals surface area contributed by atoms with Crippen LogP contribution in [-0.2, 0) is 11.2 Å². The van der Waals surface area contributed by atoms with E-state index in [1.54, 1.807) is 0 Å². The maximum atomic E-state index is 11.9. The average Bonchev–Trinajstić information content (AvgIpc) is 2.85. The van der Waals surface area contributed by atoms with Crippen molar-refractivity contribution in [3.8, 4) is 0 Å². The van der Waals surface area contributed by atoms with Crippen LogP contribution in [0.25, 0.3) is 10.9 Å². The van der Waals surface area contributed by atoms with Crippen molar-refractivity contribution in [2.45, 2.75) is 12.8 Å². The summed E-state index contributed by atoms with van der Waals surface area (Å²) in [5, 5.41) is 1.18. The number of hydrogen-bond donors (Lipinski definition) is 1. The van der Waals surface area contributed by atoms with Crippen molar-refractivity contribution < 1.29 is 4.79 Å². The Labute approximate surface area is 118 Å². The van der Waals surface area contributed by atoms with E-state index in [4.69, 9.17) is 5.73 Å². The first-order chi connectivity index (χ1) is 9.78. The molecule has 1 aliphatic heterocycles. The summed E-state index contributed by atoms with van der Waals surface area (Å²) in [7, 11) is 0. The molecule has 0 aliphatic carbocycles. The topological polar surface area (TPSA) is 59.2 Å². The Morgan fingerprint density at radius 2 is 2.15 bits per heavy atom. The molecule has 1 saturated heterocycles. The third kappa shape index (κ3) is 2.51. The number of nitrogens with zero attached hydrogens (tertiary/aromatic N) is 2. The molecule has 1 atom stereocenters. The van der Waals surface area contributed by atoms with E-state index in [2.05, 4.69) is 11.1 Å². The Kier molecular flexibility index (Phi) is 3.65. The lowest BCUT2D eigenvalue weighted by Gasteiger charge is -2.16. The summed E-state index contributed by atoms with van der Waals surface area (Å²) >= 11 is 0. The molecular weight excluding hydrogens is 250 g/mol. The predicted molar refractivity (Wildman–Crippen MR) is 79.2 cm³/mol. The highest BCUT2D eigenvalue weighted by molar-refractivity contribution is 5.82. The number of para-hydroxylation sites is 1. The van der Waals surface area contributed by atoms with Crippen molar-refractivity contribution in [3.63, 3.8) is 0 Å². The van der Waals surface area contributed by atoms with Crippen LogP contribution < -0.4 is 5.73 Å². The quantitative estimate of drug-likeness (QED) is 0.917.